The topological polar surface area (TPSA) is 75.6 Å². The molecule has 0 aliphatic carbocycles. The highest BCUT2D eigenvalue weighted by Crippen LogP contribution is 2.33. The minimum Gasteiger partial charge on any atom is -0.359 e. The fraction of sp³-hybridized carbons (Fsp3) is 0.154. The van der Waals surface area contributed by atoms with Crippen molar-refractivity contribution in [3.05, 3.63) is 36.3 Å². The maximum atomic E-state index is 11.8. The van der Waals surface area contributed by atoms with Crippen LogP contribution in [0.4, 0.5) is 0 Å². The number of amides is 1. The molecule has 20 heavy (non-hydrogen) atoms. The van der Waals surface area contributed by atoms with Crippen LogP contribution in [0.2, 0.25) is 0 Å². The predicted octanol–water partition coefficient (Wildman–Crippen LogP) is 1.81. The normalized spacial score (nSPS) is 10.9. The van der Waals surface area contributed by atoms with E-state index >= 15 is 0 Å². The largest absolute Gasteiger partial charge is 0.359 e. The fourth-order valence-electron chi connectivity index (χ4n) is 2.00. The molecular formula is C13H13N5OS. The number of hydrogen-bond donors (Lipinski definition) is 2. The van der Waals surface area contributed by atoms with Gasteiger partial charge in [-0.15, -0.1) is 10.2 Å². The number of carbonyl (C=O) groups excluding carboxylic acids is 1. The van der Waals surface area contributed by atoms with Crippen LogP contribution in [0, 0.1) is 0 Å². The van der Waals surface area contributed by atoms with Gasteiger partial charge in [-0.2, -0.15) is 0 Å². The first-order valence-corrected chi connectivity index (χ1v) is 6.86. The van der Waals surface area contributed by atoms with Crippen molar-refractivity contribution in [3.8, 4) is 0 Å². The molecule has 2 heterocycles. The van der Waals surface area contributed by atoms with Gasteiger partial charge in [0.25, 0.3) is 5.91 Å². The minimum absolute atomic E-state index is 0.104. The van der Waals surface area contributed by atoms with Crippen LogP contribution in [0.3, 0.4) is 0 Å². The summed E-state index contributed by atoms with van der Waals surface area (Å²) in [5, 5.41) is 12.4. The molecule has 0 saturated heterocycles. The summed E-state index contributed by atoms with van der Waals surface area (Å²) in [4.78, 5) is 16.0. The molecule has 2 N–H and O–H groups in total. The van der Waals surface area contributed by atoms with Gasteiger partial charge in [0.05, 0.1) is 11.1 Å². The van der Waals surface area contributed by atoms with Crippen LogP contribution in [0.25, 0.3) is 10.9 Å². The van der Waals surface area contributed by atoms with E-state index in [1.54, 1.807) is 19.4 Å². The number of H-pyrrole nitrogens is 1. The monoisotopic (exact) mass is 287 g/mol. The quantitative estimate of drug-likeness (QED) is 0.770. The van der Waals surface area contributed by atoms with E-state index in [4.69, 9.17) is 0 Å². The molecule has 0 aliphatic rings. The van der Waals surface area contributed by atoms with Gasteiger partial charge in [-0.3, -0.25) is 4.79 Å². The van der Waals surface area contributed by atoms with Gasteiger partial charge in [-0.05, 0) is 17.8 Å². The van der Waals surface area contributed by atoms with Gasteiger partial charge >= 0.3 is 0 Å². The van der Waals surface area contributed by atoms with E-state index in [2.05, 4.69) is 20.5 Å². The Morgan fingerprint density at radius 1 is 1.45 bits per heavy atom. The second-order valence-corrected chi connectivity index (χ2v) is 5.30. The first-order chi connectivity index (χ1) is 9.70. The third kappa shape index (κ3) is 2.05. The molecule has 0 aliphatic heterocycles. The Hall–Kier alpha value is -2.28. The van der Waals surface area contributed by atoms with Crippen molar-refractivity contribution in [2.45, 2.75) is 10.1 Å². The molecule has 102 valence electrons. The summed E-state index contributed by atoms with van der Waals surface area (Å²) in [7, 11) is 3.52. The molecule has 0 bridgehead atoms. The average Bonchev–Trinajstić information content (AvgIpc) is 3.06. The van der Waals surface area contributed by atoms with Crippen LogP contribution in [0.5, 0.6) is 0 Å². The third-order valence-corrected chi connectivity index (χ3v) is 4.13. The number of rotatable bonds is 3. The zero-order chi connectivity index (χ0) is 14.1. The van der Waals surface area contributed by atoms with Gasteiger partial charge in [-0.25, -0.2) is 0 Å². The van der Waals surface area contributed by atoms with Crippen LogP contribution >= 0.6 is 11.8 Å². The van der Waals surface area contributed by atoms with Crippen molar-refractivity contribution in [2.75, 3.05) is 7.05 Å². The molecule has 1 aromatic carbocycles. The van der Waals surface area contributed by atoms with E-state index in [0.717, 1.165) is 21.0 Å². The number of aromatic nitrogens is 4. The van der Waals surface area contributed by atoms with Gasteiger partial charge < -0.3 is 14.9 Å². The Bertz CT molecular complexity index is 776. The van der Waals surface area contributed by atoms with Crippen molar-refractivity contribution in [1.29, 1.82) is 0 Å². The molecule has 7 heteroatoms. The van der Waals surface area contributed by atoms with E-state index in [1.165, 1.54) is 11.8 Å². The molecular weight excluding hydrogens is 274 g/mol. The molecule has 3 rings (SSSR count). The number of nitrogens with one attached hydrogen (secondary N) is 2. The Balaban J connectivity index is 2.06. The predicted molar refractivity (Wildman–Crippen MR) is 76.8 cm³/mol. The Morgan fingerprint density at radius 3 is 3.00 bits per heavy atom. The lowest BCUT2D eigenvalue weighted by Gasteiger charge is -2.02. The summed E-state index contributed by atoms with van der Waals surface area (Å²) < 4.78 is 1.85. The zero-order valence-electron chi connectivity index (χ0n) is 11.0. The van der Waals surface area contributed by atoms with Crippen molar-refractivity contribution < 1.29 is 4.79 Å². The average molecular weight is 287 g/mol. The Kier molecular flexibility index (Phi) is 3.19. The number of para-hydroxylation sites is 1. The van der Waals surface area contributed by atoms with Crippen LogP contribution in [0.15, 0.2) is 40.8 Å². The second kappa shape index (κ2) is 5.01. The van der Waals surface area contributed by atoms with Gasteiger partial charge in [0, 0.05) is 30.6 Å². The van der Waals surface area contributed by atoms with Crippen LogP contribution in [0.1, 0.15) is 10.4 Å². The van der Waals surface area contributed by atoms with E-state index in [-0.39, 0.29) is 5.91 Å². The van der Waals surface area contributed by atoms with Crippen LogP contribution < -0.4 is 5.32 Å². The summed E-state index contributed by atoms with van der Waals surface area (Å²) in [5.74, 6) is -0.104. The molecule has 1 amide bonds. The van der Waals surface area contributed by atoms with Crippen LogP contribution in [-0.2, 0) is 7.05 Å². The fourth-order valence-corrected chi connectivity index (χ4v) is 2.87. The number of aryl methyl sites for hydroxylation is 1. The van der Waals surface area contributed by atoms with Gasteiger partial charge in [-0.1, -0.05) is 12.1 Å². The number of fused-ring (bicyclic) bond motifs is 1. The van der Waals surface area contributed by atoms with E-state index in [9.17, 15) is 4.79 Å². The first-order valence-electron chi connectivity index (χ1n) is 6.04. The molecule has 3 aromatic rings. The zero-order valence-corrected chi connectivity index (χ0v) is 11.9. The van der Waals surface area contributed by atoms with E-state index in [1.807, 2.05) is 29.9 Å². The van der Waals surface area contributed by atoms with Crippen LogP contribution in [-0.4, -0.2) is 32.7 Å². The summed E-state index contributed by atoms with van der Waals surface area (Å²) in [6.45, 7) is 0. The lowest BCUT2D eigenvalue weighted by molar-refractivity contribution is 0.0964. The Labute approximate surface area is 119 Å². The van der Waals surface area contributed by atoms with Gasteiger partial charge in [0.1, 0.15) is 6.33 Å². The number of carbonyl (C=O) groups is 1. The standard InChI is InChI=1S/C13H13N5OS/c1-14-12(19)9-5-3-4-8-10(6-15-11(8)9)20-13-17-16-7-18(13)2/h3-7,15H,1-2H3,(H,14,19). The molecule has 0 radical (unpaired) electrons. The minimum atomic E-state index is -0.104. The van der Waals surface area contributed by atoms with Crippen molar-refractivity contribution in [1.82, 2.24) is 25.1 Å². The summed E-state index contributed by atoms with van der Waals surface area (Å²) in [6.07, 6.45) is 3.55. The van der Waals surface area contributed by atoms with Crippen molar-refractivity contribution in [3.63, 3.8) is 0 Å². The Morgan fingerprint density at radius 2 is 2.30 bits per heavy atom. The smallest absolute Gasteiger partial charge is 0.253 e. The van der Waals surface area contributed by atoms with Gasteiger partial charge in [0.15, 0.2) is 5.16 Å². The number of hydrogen-bond acceptors (Lipinski definition) is 4. The lowest BCUT2D eigenvalue weighted by Crippen LogP contribution is -2.17. The maximum absolute atomic E-state index is 11.8. The molecule has 6 nitrogen and oxygen atoms in total. The van der Waals surface area contributed by atoms with Gasteiger partial charge in [0.2, 0.25) is 0 Å². The lowest BCUT2D eigenvalue weighted by atomic mass is 10.1. The number of benzene rings is 1. The molecule has 0 unspecified atom stereocenters. The molecule has 0 fully saturated rings. The highest BCUT2D eigenvalue weighted by atomic mass is 32.2. The summed E-state index contributed by atoms with van der Waals surface area (Å²) in [6, 6.07) is 5.66. The molecule has 2 aromatic heterocycles. The highest BCUT2D eigenvalue weighted by Gasteiger charge is 2.14. The van der Waals surface area contributed by atoms with E-state index in [0.29, 0.717) is 5.56 Å². The van der Waals surface area contributed by atoms with Crippen molar-refractivity contribution >= 4 is 28.6 Å². The number of aromatic amines is 1. The molecule has 0 spiro atoms. The third-order valence-electron chi connectivity index (χ3n) is 3.02. The maximum Gasteiger partial charge on any atom is 0.253 e. The number of nitrogens with zero attached hydrogens (tertiary/aromatic N) is 3. The molecule has 0 saturated carbocycles. The summed E-state index contributed by atoms with van der Waals surface area (Å²) in [5.41, 5.74) is 1.46. The van der Waals surface area contributed by atoms with Crippen molar-refractivity contribution in [2.24, 2.45) is 7.05 Å². The molecule has 0 atom stereocenters. The van der Waals surface area contributed by atoms with E-state index < -0.39 is 0 Å². The highest BCUT2D eigenvalue weighted by molar-refractivity contribution is 7.99. The summed E-state index contributed by atoms with van der Waals surface area (Å²) >= 11 is 1.51. The first kappa shape index (κ1) is 12.7. The SMILES string of the molecule is CNC(=O)c1cccc2c(Sc3nncn3C)c[nH]c12. The second-order valence-electron chi connectivity index (χ2n) is 4.29.